The number of hydrogen-bond donors (Lipinski definition) is 0. The van der Waals surface area contributed by atoms with E-state index in [9.17, 15) is 0 Å². The maximum Gasteiger partial charge on any atom is -0.00258 e. The molecule has 0 spiro atoms. The summed E-state index contributed by atoms with van der Waals surface area (Å²) in [6.45, 7) is 0. The van der Waals surface area contributed by atoms with Gasteiger partial charge in [0.25, 0.3) is 0 Å². The van der Waals surface area contributed by atoms with Crippen LogP contribution in [0.15, 0.2) is 84.9 Å². The largest absolute Gasteiger partial charge is 0.0622 e. The van der Waals surface area contributed by atoms with E-state index in [-0.39, 0.29) is 0 Å². The summed E-state index contributed by atoms with van der Waals surface area (Å²) >= 11 is 0. The van der Waals surface area contributed by atoms with Gasteiger partial charge in [-0.05, 0) is 28.7 Å². The van der Waals surface area contributed by atoms with Crippen molar-refractivity contribution in [2.75, 3.05) is 0 Å². The molecule has 0 aliphatic carbocycles. The van der Waals surface area contributed by atoms with Crippen LogP contribution in [0.4, 0.5) is 0 Å². The normalized spacial score (nSPS) is 10.9. The minimum absolute atomic E-state index is 0.990. The maximum atomic E-state index is 2.21. The fraction of sp³-hybridized carbons (Fsp3) is 0.0476. The van der Waals surface area contributed by atoms with Crippen molar-refractivity contribution in [2.24, 2.45) is 0 Å². The van der Waals surface area contributed by atoms with E-state index < -0.39 is 0 Å². The molecule has 0 aliphatic heterocycles. The van der Waals surface area contributed by atoms with E-state index in [4.69, 9.17) is 0 Å². The van der Waals surface area contributed by atoms with Gasteiger partial charge in [-0.1, -0.05) is 97.1 Å². The van der Waals surface area contributed by atoms with Crippen molar-refractivity contribution in [2.45, 2.75) is 6.42 Å². The molecule has 3 aromatic rings. The Morgan fingerprint density at radius 2 is 0.952 bits per heavy atom. The van der Waals surface area contributed by atoms with E-state index in [0.717, 1.165) is 6.42 Å². The lowest BCUT2D eigenvalue weighted by Gasteiger charge is -2.02. The highest BCUT2D eigenvalue weighted by molar-refractivity contribution is 5.69. The summed E-state index contributed by atoms with van der Waals surface area (Å²) < 4.78 is 0. The van der Waals surface area contributed by atoms with Crippen LogP contribution < -0.4 is 0 Å². The van der Waals surface area contributed by atoms with Gasteiger partial charge in [0.2, 0.25) is 0 Å². The van der Waals surface area contributed by atoms with Gasteiger partial charge < -0.3 is 0 Å². The van der Waals surface area contributed by atoms with Crippen molar-refractivity contribution in [1.29, 1.82) is 0 Å². The van der Waals surface area contributed by atoms with Crippen LogP contribution in [-0.2, 0) is 6.42 Å². The lowest BCUT2D eigenvalue weighted by Crippen LogP contribution is -1.87. The van der Waals surface area contributed by atoms with E-state index in [2.05, 4.69) is 91.0 Å². The first-order chi connectivity index (χ1) is 10.4. The fourth-order valence-electron chi connectivity index (χ4n) is 2.33. The predicted octanol–water partition coefficient (Wildman–Crippen LogP) is 5.45. The van der Waals surface area contributed by atoms with Gasteiger partial charge in [-0.25, -0.2) is 0 Å². The Balaban J connectivity index is 1.68. The lowest BCUT2D eigenvalue weighted by molar-refractivity contribution is 1.19. The van der Waals surface area contributed by atoms with Gasteiger partial charge in [0.05, 0.1) is 0 Å². The van der Waals surface area contributed by atoms with Gasteiger partial charge in [-0.3, -0.25) is 0 Å². The topological polar surface area (TPSA) is 0 Å². The van der Waals surface area contributed by atoms with Crippen molar-refractivity contribution in [3.63, 3.8) is 0 Å². The van der Waals surface area contributed by atoms with Crippen LogP contribution in [0, 0.1) is 0 Å². The molecule has 21 heavy (non-hydrogen) atoms. The molecular weight excluding hydrogens is 252 g/mol. The maximum absolute atomic E-state index is 2.21. The van der Waals surface area contributed by atoms with E-state index in [1.165, 1.54) is 22.3 Å². The highest BCUT2D eigenvalue weighted by Crippen LogP contribution is 2.13. The SMILES string of the molecule is C(=Cc1ccc(Cc2ccccc2)cc1)c1ccccc1. The molecule has 3 aromatic carbocycles. The van der Waals surface area contributed by atoms with Gasteiger partial charge in [0.15, 0.2) is 0 Å². The molecule has 0 saturated carbocycles. The van der Waals surface area contributed by atoms with Crippen molar-refractivity contribution >= 4 is 12.2 Å². The van der Waals surface area contributed by atoms with E-state index in [1.807, 2.05) is 6.07 Å². The van der Waals surface area contributed by atoms with Crippen LogP contribution >= 0.6 is 0 Å². The summed E-state index contributed by atoms with van der Waals surface area (Å²) in [5.41, 5.74) is 5.16. The van der Waals surface area contributed by atoms with E-state index in [1.54, 1.807) is 0 Å². The van der Waals surface area contributed by atoms with Gasteiger partial charge in [0.1, 0.15) is 0 Å². The fourth-order valence-corrected chi connectivity index (χ4v) is 2.33. The Bertz CT molecular complexity index is 692. The molecule has 102 valence electrons. The van der Waals surface area contributed by atoms with Crippen LogP contribution in [0.2, 0.25) is 0 Å². The van der Waals surface area contributed by atoms with Crippen LogP contribution in [0.5, 0.6) is 0 Å². The molecule has 0 N–H and O–H groups in total. The molecule has 0 heterocycles. The molecule has 0 radical (unpaired) electrons. The van der Waals surface area contributed by atoms with E-state index in [0.29, 0.717) is 0 Å². The third-order valence-electron chi connectivity index (χ3n) is 3.50. The second-order valence-corrected chi connectivity index (χ2v) is 5.15. The van der Waals surface area contributed by atoms with Crippen LogP contribution in [0.25, 0.3) is 12.2 Å². The second-order valence-electron chi connectivity index (χ2n) is 5.15. The molecule has 0 fully saturated rings. The minimum Gasteiger partial charge on any atom is -0.0622 e. The first kappa shape index (κ1) is 13.4. The molecule has 0 nitrogen and oxygen atoms in total. The first-order valence-corrected chi connectivity index (χ1v) is 7.26. The Morgan fingerprint density at radius 3 is 1.57 bits per heavy atom. The summed E-state index contributed by atoms with van der Waals surface area (Å²) in [7, 11) is 0. The summed E-state index contributed by atoms with van der Waals surface area (Å²) in [4.78, 5) is 0. The second kappa shape index (κ2) is 6.71. The van der Waals surface area contributed by atoms with E-state index >= 15 is 0 Å². The molecule has 0 aliphatic rings. The third-order valence-corrected chi connectivity index (χ3v) is 3.50. The van der Waals surface area contributed by atoms with Crippen LogP contribution in [-0.4, -0.2) is 0 Å². The molecular formula is C21H18. The molecule has 0 saturated heterocycles. The summed E-state index contributed by atoms with van der Waals surface area (Å²) in [6, 6.07) is 29.7. The zero-order chi connectivity index (χ0) is 14.3. The lowest BCUT2D eigenvalue weighted by atomic mass is 10.0. The molecule has 3 rings (SSSR count). The molecule has 0 heteroatoms. The third kappa shape index (κ3) is 3.93. The van der Waals surface area contributed by atoms with Crippen molar-refractivity contribution < 1.29 is 0 Å². The highest BCUT2D eigenvalue weighted by atomic mass is 14.0. The Hall–Kier alpha value is -2.60. The smallest absolute Gasteiger partial charge is 0.00258 e. The van der Waals surface area contributed by atoms with Gasteiger partial charge >= 0.3 is 0 Å². The van der Waals surface area contributed by atoms with Crippen molar-refractivity contribution in [3.05, 3.63) is 107 Å². The Kier molecular flexibility index (Phi) is 4.28. The Labute approximate surface area is 126 Å². The Morgan fingerprint density at radius 1 is 0.476 bits per heavy atom. The average molecular weight is 270 g/mol. The monoisotopic (exact) mass is 270 g/mol. The van der Waals surface area contributed by atoms with Crippen LogP contribution in [0.3, 0.4) is 0 Å². The molecule has 0 atom stereocenters. The predicted molar refractivity (Wildman–Crippen MR) is 91.1 cm³/mol. The zero-order valence-corrected chi connectivity index (χ0v) is 11.9. The summed E-state index contributed by atoms with van der Waals surface area (Å²) in [5, 5.41) is 0. The first-order valence-electron chi connectivity index (χ1n) is 7.26. The summed E-state index contributed by atoms with van der Waals surface area (Å²) in [5.74, 6) is 0. The minimum atomic E-state index is 0.990. The molecule has 0 aromatic heterocycles. The number of hydrogen-bond acceptors (Lipinski definition) is 0. The number of benzene rings is 3. The zero-order valence-electron chi connectivity index (χ0n) is 11.9. The number of rotatable bonds is 4. The molecule has 0 amide bonds. The van der Waals surface area contributed by atoms with Crippen LogP contribution in [0.1, 0.15) is 22.3 Å². The average Bonchev–Trinajstić information content (AvgIpc) is 2.56. The quantitative estimate of drug-likeness (QED) is 0.553. The van der Waals surface area contributed by atoms with Crippen molar-refractivity contribution in [3.8, 4) is 0 Å². The molecule has 0 bridgehead atoms. The highest BCUT2D eigenvalue weighted by Gasteiger charge is 1.95. The van der Waals surface area contributed by atoms with Crippen molar-refractivity contribution in [1.82, 2.24) is 0 Å². The van der Waals surface area contributed by atoms with Gasteiger partial charge in [0, 0.05) is 0 Å². The van der Waals surface area contributed by atoms with Gasteiger partial charge in [-0.15, -0.1) is 0 Å². The molecule has 0 unspecified atom stereocenters. The summed E-state index contributed by atoms with van der Waals surface area (Å²) in [6.07, 6.45) is 5.29. The standard InChI is InChI=1S/C21H18/c1-3-7-18(8-4-1)11-12-19-13-15-21(16-14-19)17-20-9-5-2-6-10-20/h1-16H,17H2. The van der Waals surface area contributed by atoms with Gasteiger partial charge in [-0.2, -0.15) is 0 Å².